The van der Waals surface area contributed by atoms with Gasteiger partial charge in [-0.25, -0.2) is 0 Å². The molecular weight excluding hydrogens is 1260 g/mol. The Labute approximate surface area is 551 Å². The average Bonchev–Trinajstić information content (AvgIpc) is 0.673. The Morgan fingerprint density at radius 2 is 1.04 bits per heavy atom. The Hall–Kier alpha value is -1.91. The fourth-order valence-electron chi connectivity index (χ4n) is 19.0. The number of hydrogen-bond acceptors (Lipinski definition) is 30. The van der Waals surface area contributed by atoms with Gasteiger partial charge < -0.3 is 144 Å². The maximum Gasteiger partial charge on any atom is 0.315 e. The van der Waals surface area contributed by atoms with E-state index in [4.69, 9.17) is 56.8 Å². The lowest BCUT2D eigenvalue weighted by atomic mass is 9.33. The molecule has 0 aromatic carbocycles. The molecule has 11 rings (SSSR count). The van der Waals surface area contributed by atoms with Crippen LogP contribution in [-0.4, -0.2) is 303 Å². The molecule has 2 unspecified atom stereocenters. The van der Waals surface area contributed by atoms with E-state index in [0.717, 1.165) is 19.3 Å². The minimum atomic E-state index is -1.91. The Kier molecular flexibility index (Phi) is 21.7. The number of ether oxygens (including phenoxy) is 12. The molecule has 30 heteroatoms. The zero-order chi connectivity index (χ0) is 69.3. The van der Waals surface area contributed by atoms with Crippen LogP contribution in [0, 0.1) is 50.2 Å². The highest BCUT2D eigenvalue weighted by Gasteiger charge is 2.71. The minimum absolute atomic E-state index is 0.0952. The van der Waals surface area contributed by atoms with E-state index >= 15 is 4.79 Å². The van der Waals surface area contributed by atoms with Crippen molar-refractivity contribution in [2.45, 2.75) is 311 Å². The van der Waals surface area contributed by atoms with E-state index in [9.17, 15) is 86.8 Å². The Balaban J connectivity index is 0.762. The minimum Gasteiger partial charge on any atom is -0.432 e. The van der Waals surface area contributed by atoms with E-state index in [-0.39, 0.29) is 40.6 Å². The normalized spacial score (nSPS) is 54.6. The number of aliphatic hydroxyl groups excluding tert-OH is 17. The zero-order valence-corrected chi connectivity index (χ0v) is 55.4. The van der Waals surface area contributed by atoms with Gasteiger partial charge in [-0.3, -0.25) is 4.79 Å². The summed E-state index contributed by atoms with van der Waals surface area (Å²) in [6.45, 7) is 16.2. The summed E-state index contributed by atoms with van der Waals surface area (Å²) >= 11 is 0. The topological polar surface area (TPSA) is 472 Å². The molecule has 0 radical (unpaired) electrons. The van der Waals surface area contributed by atoms with E-state index in [2.05, 4.69) is 54.5 Å². The largest absolute Gasteiger partial charge is 0.432 e. The Morgan fingerprint density at radius 3 is 1.71 bits per heavy atom. The number of esters is 1. The van der Waals surface area contributed by atoms with Gasteiger partial charge in [0.15, 0.2) is 31.5 Å². The molecule has 10 fully saturated rings. The van der Waals surface area contributed by atoms with Crippen molar-refractivity contribution in [2.24, 2.45) is 50.2 Å². The third kappa shape index (κ3) is 12.9. The fraction of sp³-hybridized carbons (Fsp3) is 0.954. The van der Waals surface area contributed by atoms with E-state index in [1.807, 2.05) is 0 Å². The van der Waals surface area contributed by atoms with Gasteiger partial charge in [0.1, 0.15) is 128 Å². The summed E-state index contributed by atoms with van der Waals surface area (Å²) in [6, 6.07) is 0. The molecule has 5 aliphatic carbocycles. The molecule has 546 valence electrons. The molecule has 0 amide bonds. The molecule has 37 atom stereocenters. The Morgan fingerprint density at radius 1 is 0.495 bits per heavy atom. The van der Waals surface area contributed by atoms with E-state index in [0.29, 0.717) is 44.9 Å². The summed E-state index contributed by atoms with van der Waals surface area (Å²) in [5.74, 6) is -0.646. The second-order valence-electron chi connectivity index (χ2n) is 31.4. The number of carbonyl (C=O) groups excluding carboxylic acids is 1. The van der Waals surface area contributed by atoms with Gasteiger partial charge >= 0.3 is 5.97 Å². The first-order chi connectivity index (χ1) is 44.5. The van der Waals surface area contributed by atoms with Crippen LogP contribution in [0.25, 0.3) is 0 Å². The second kappa shape index (κ2) is 27.7. The molecule has 95 heavy (non-hydrogen) atoms. The molecule has 6 saturated heterocycles. The van der Waals surface area contributed by atoms with E-state index < -0.39 is 226 Å². The van der Waals surface area contributed by atoms with Crippen LogP contribution in [0.4, 0.5) is 0 Å². The van der Waals surface area contributed by atoms with Gasteiger partial charge in [-0.05, 0) is 123 Å². The molecule has 0 aromatic rings. The lowest BCUT2D eigenvalue weighted by molar-refractivity contribution is -0.382. The van der Waals surface area contributed by atoms with Gasteiger partial charge in [0.05, 0.1) is 50.2 Å². The summed E-state index contributed by atoms with van der Waals surface area (Å²) < 4.78 is 71.6. The number of carbonyl (C=O) groups is 1. The highest BCUT2D eigenvalue weighted by Crippen LogP contribution is 2.76. The van der Waals surface area contributed by atoms with Crippen molar-refractivity contribution in [1.82, 2.24) is 0 Å². The van der Waals surface area contributed by atoms with Crippen LogP contribution in [0.1, 0.15) is 127 Å². The summed E-state index contributed by atoms with van der Waals surface area (Å²) in [4.78, 5) is 15.3. The van der Waals surface area contributed by atoms with Crippen LogP contribution in [0.15, 0.2) is 11.6 Å². The van der Waals surface area contributed by atoms with Gasteiger partial charge in [0.25, 0.3) is 0 Å². The van der Waals surface area contributed by atoms with Crippen molar-refractivity contribution in [3.63, 3.8) is 0 Å². The van der Waals surface area contributed by atoms with Gasteiger partial charge in [0, 0.05) is 0 Å². The molecule has 30 nitrogen and oxygen atoms in total. The molecular formula is C65H106O30. The van der Waals surface area contributed by atoms with Gasteiger partial charge in [-0.1, -0.05) is 60.1 Å². The SMILES string of the molecule is C[C@@H]1O[C@@H](O[C@H]2[C@H](O)[C@@H](O)[C@H](OC[C@H]3O[C@@H](OC(=O)[C@]45CCC(C)(C)CC4C4=CC[C@@H]6[C@@]7(C)CC[C@H](O[C@H]8OC[C@@H](O)[C@H](O)[C@H]8O[C@@H]8O[C@@H](C)[C@H](O)[C@@H](O[C@@H]9O[C@H](CO)[C@@H](O)[C@H](O)[C@H]9O)[C@H]8O)C(C)(C)C7CC[C@@]6(C)[C@]4(C)CC5)[C@H](O)[C@@H](O)[C@@H]3O)O[C@@H]2CO)[C@H](O)[C@H](O)[C@H]1O. The van der Waals surface area contributed by atoms with Crippen molar-refractivity contribution < 1.29 is 148 Å². The van der Waals surface area contributed by atoms with Gasteiger partial charge in [0.2, 0.25) is 6.29 Å². The van der Waals surface area contributed by atoms with Gasteiger partial charge in [-0.2, -0.15) is 0 Å². The summed E-state index contributed by atoms with van der Waals surface area (Å²) in [5.41, 5.74) is -1.49. The molecule has 6 aliphatic heterocycles. The maximum atomic E-state index is 15.3. The zero-order valence-electron chi connectivity index (χ0n) is 55.4. The summed E-state index contributed by atoms with van der Waals surface area (Å²) in [7, 11) is 0. The molecule has 0 aromatic heterocycles. The van der Waals surface area contributed by atoms with E-state index in [1.165, 1.54) is 19.4 Å². The van der Waals surface area contributed by atoms with Crippen LogP contribution in [-0.2, 0) is 61.6 Å². The number of aliphatic hydroxyl groups is 17. The monoisotopic (exact) mass is 1370 g/mol. The fourth-order valence-corrected chi connectivity index (χ4v) is 19.0. The maximum absolute atomic E-state index is 15.3. The second-order valence-corrected chi connectivity index (χ2v) is 31.4. The van der Waals surface area contributed by atoms with Crippen LogP contribution in [0.5, 0.6) is 0 Å². The molecule has 0 spiro atoms. The van der Waals surface area contributed by atoms with Crippen molar-refractivity contribution in [3.05, 3.63) is 11.6 Å². The third-order valence-electron chi connectivity index (χ3n) is 25.2. The van der Waals surface area contributed by atoms with E-state index in [1.54, 1.807) is 0 Å². The highest BCUT2D eigenvalue weighted by molar-refractivity contribution is 5.79. The molecule has 4 saturated carbocycles. The predicted octanol–water partition coefficient (Wildman–Crippen LogP) is -3.69. The van der Waals surface area contributed by atoms with Crippen molar-refractivity contribution >= 4 is 5.97 Å². The predicted molar refractivity (Wildman–Crippen MR) is 319 cm³/mol. The number of rotatable bonds is 15. The molecule has 0 bridgehead atoms. The lowest BCUT2D eigenvalue weighted by Crippen LogP contribution is -2.66. The first-order valence-electron chi connectivity index (χ1n) is 34.0. The lowest BCUT2D eigenvalue weighted by Gasteiger charge is -2.71. The first kappa shape index (κ1) is 74.3. The summed E-state index contributed by atoms with van der Waals surface area (Å²) in [6.07, 6.45) is -38.5. The average molecular weight is 1370 g/mol. The van der Waals surface area contributed by atoms with Crippen LogP contribution in [0.2, 0.25) is 0 Å². The van der Waals surface area contributed by atoms with Crippen molar-refractivity contribution in [3.8, 4) is 0 Å². The molecule has 11 aliphatic rings. The van der Waals surface area contributed by atoms with Crippen molar-refractivity contribution in [1.29, 1.82) is 0 Å². The first-order valence-corrected chi connectivity index (χ1v) is 34.0. The smallest absolute Gasteiger partial charge is 0.315 e. The van der Waals surface area contributed by atoms with Crippen LogP contribution >= 0.6 is 0 Å². The van der Waals surface area contributed by atoms with Crippen LogP contribution < -0.4 is 0 Å². The molecule has 17 N–H and O–H groups in total. The van der Waals surface area contributed by atoms with Crippen LogP contribution in [0.3, 0.4) is 0 Å². The number of allylic oxidation sites excluding steroid dienone is 2. The number of hydrogen-bond donors (Lipinski definition) is 17. The third-order valence-corrected chi connectivity index (χ3v) is 25.2. The quantitative estimate of drug-likeness (QED) is 0.0426. The van der Waals surface area contributed by atoms with Crippen molar-refractivity contribution in [2.75, 3.05) is 26.4 Å². The highest BCUT2D eigenvalue weighted by atomic mass is 16.8. The molecule has 6 heterocycles. The van der Waals surface area contributed by atoms with Gasteiger partial charge in [-0.15, -0.1) is 0 Å². The Bertz CT molecular complexity index is 2670. The number of fused-ring (bicyclic) bond motifs is 7. The summed E-state index contributed by atoms with van der Waals surface area (Å²) in [5, 5.41) is 184. The standard InChI is InChI=1S/C65H106O30/c1-25-36(69)41(74)45(78)54(86-25)92-50-31(22-67)89-53(48(81)44(50)77)85-24-32-40(73)43(76)47(80)56(90-32)95-59(83)65-18-16-60(3,4)20-28(65)27-10-11-34-62(7)14-13-35(61(5,6)33(62)12-15-64(34,9)63(27,8)17-19-65)91-58-52(38(71)29(68)23-84-58)94-57-49(82)51(37(70)26(2)87-57)93-55-46(79)42(75)39(72)30(21-66)88-55/h10,25-26,28-58,66-82H,11-24H2,1-9H3/t25-,26-,28?,29+,30+,31+,32+,33?,34+,35-,36-,37-,38-,39+,40+,41+,42-,43-,44+,45+,46+,47+,48+,49+,50+,51+,52+,53+,54-,55-,56-,57-,58+,62-,63+,64+,65-/m0/s1.